The van der Waals surface area contributed by atoms with E-state index in [-0.39, 0.29) is 5.91 Å². The maximum atomic E-state index is 11.7. The molecule has 0 unspecified atom stereocenters. The van der Waals surface area contributed by atoms with E-state index in [1.165, 1.54) is 12.8 Å². The van der Waals surface area contributed by atoms with Crippen LogP contribution < -0.4 is 5.32 Å². The Balaban J connectivity index is 2.26. The average molecular weight is 196 g/mol. The fraction of sp³-hybridized carbons (Fsp3) is 0.727. The molecular formula is C11H20N2O. The first kappa shape index (κ1) is 11.2. The number of amides is 1. The van der Waals surface area contributed by atoms with Crippen LogP contribution in [-0.2, 0) is 4.79 Å². The lowest BCUT2D eigenvalue weighted by Crippen LogP contribution is -2.35. The Labute approximate surface area is 86.2 Å². The van der Waals surface area contributed by atoms with Crippen molar-refractivity contribution in [2.75, 3.05) is 19.6 Å². The zero-order valence-corrected chi connectivity index (χ0v) is 8.96. The molecule has 0 saturated heterocycles. The Morgan fingerprint density at radius 1 is 1.64 bits per heavy atom. The third-order valence-electron chi connectivity index (χ3n) is 2.40. The van der Waals surface area contributed by atoms with Crippen molar-refractivity contribution in [2.45, 2.75) is 32.2 Å². The van der Waals surface area contributed by atoms with Crippen molar-refractivity contribution in [1.29, 1.82) is 0 Å². The van der Waals surface area contributed by atoms with Crippen LogP contribution in [0.3, 0.4) is 0 Å². The van der Waals surface area contributed by atoms with Gasteiger partial charge in [-0.2, -0.15) is 0 Å². The third-order valence-corrected chi connectivity index (χ3v) is 2.40. The van der Waals surface area contributed by atoms with Gasteiger partial charge in [0.25, 0.3) is 0 Å². The summed E-state index contributed by atoms with van der Waals surface area (Å²) in [4.78, 5) is 13.7. The van der Waals surface area contributed by atoms with Gasteiger partial charge in [-0.05, 0) is 19.4 Å². The third kappa shape index (κ3) is 3.50. The molecule has 1 aliphatic rings. The van der Waals surface area contributed by atoms with Gasteiger partial charge >= 0.3 is 0 Å². The fourth-order valence-electron chi connectivity index (χ4n) is 1.50. The molecule has 1 rings (SSSR count). The first-order valence-electron chi connectivity index (χ1n) is 5.40. The highest BCUT2D eigenvalue weighted by atomic mass is 16.2. The van der Waals surface area contributed by atoms with Crippen molar-refractivity contribution in [3.8, 4) is 0 Å². The predicted octanol–water partition coefficient (Wildman–Crippen LogP) is 1.16. The summed E-state index contributed by atoms with van der Waals surface area (Å²) in [6.07, 6.45) is 4.75. The molecule has 3 nitrogen and oxygen atoms in total. The van der Waals surface area contributed by atoms with Crippen molar-refractivity contribution in [3.05, 3.63) is 12.7 Å². The zero-order chi connectivity index (χ0) is 10.4. The van der Waals surface area contributed by atoms with Crippen LogP contribution >= 0.6 is 0 Å². The Morgan fingerprint density at radius 2 is 2.36 bits per heavy atom. The number of carbonyl (C=O) groups is 1. The molecule has 0 aromatic heterocycles. The lowest BCUT2D eigenvalue weighted by Gasteiger charge is -2.20. The van der Waals surface area contributed by atoms with Gasteiger partial charge in [-0.25, -0.2) is 0 Å². The Hall–Kier alpha value is -0.830. The molecule has 1 fully saturated rings. The lowest BCUT2D eigenvalue weighted by atomic mass is 10.3. The second-order valence-corrected chi connectivity index (χ2v) is 3.67. The summed E-state index contributed by atoms with van der Waals surface area (Å²) in [6, 6.07) is 0.502. The minimum atomic E-state index is 0.258. The highest BCUT2D eigenvalue weighted by molar-refractivity contribution is 5.77. The van der Waals surface area contributed by atoms with Gasteiger partial charge in [0.2, 0.25) is 5.91 Å². The largest absolute Gasteiger partial charge is 0.336 e. The Kier molecular flexibility index (Phi) is 4.66. The van der Waals surface area contributed by atoms with Gasteiger partial charge in [-0.15, -0.1) is 6.58 Å². The minimum absolute atomic E-state index is 0.258. The first-order chi connectivity index (χ1) is 6.79. The molecule has 1 aliphatic carbocycles. The molecule has 0 aromatic rings. The zero-order valence-electron chi connectivity index (χ0n) is 8.96. The number of nitrogens with zero attached hydrogens (tertiary/aromatic N) is 1. The summed E-state index contributed by atoms with van der Waals surface area (Å²) in [5, 5.41) is 3.16. The van der Waals surface area contributed by atoms with Crippen LogP contribution in [0, 0.1) is 0 Å². The van der Waals surface area contributed by atoms with Gasteiger partial charge in [0.15, 0.2) is 0 Å². The van der Waals surface area contributed by atoms with E-state index in [9.17, 15) is 4.79 Å². The number of nitrogens with one attached hydrogen (secondary N) is 1. The Morgan fingerprint density at radius 3 is 2.86 bits per heavy atom. The quantitative estimate of drug-likeness (QED) is 0.489. The highest BCUT2D eigenvalue weighted by Gasteiger charge is 2.30. The molecule has 0 heterocycles. The molecule has 1 amide bonds. The number of carbonyl (C=O) groups excluding carboxylic acids is 1. The molecule has 0 spiro atoms. The maximum Gasteiger partial charge on any atom is 0.224 e. The van der Waals surface area contributed by atoms with Crippen LogP contribution in [0.2, 0.25) is 0 Å². The van der Waals surface area contributed by atoms with Gasteiger partial charge in [0.05, 0.1) is 0 Å². The first-order valence-corrected chi connectivity index (χ1v) is 5.40. The van der Waals surface area contributed by atoms with Crippen LogP contribution in [0.1, 0.15) is 26.2 Å². The van der Waals surface area contributed by atoms with E-state index >= 15 is 0 Å². The van der Waals surface area contributed by atoms with Crippen LogP contribution in [0.5, 0.6) is 0 Å². The molecule has 0 aromatic carbocycles. The number of hydrogen-bond donors (Lipinski definition) is 1. The molecule has 14 heavy (non-hydrogen) atoms. The summed E-state index contributed by atoms with van der Waals surface area (Å²) >= 11 is 0. The summed E-state index contributed by atoms with van der Waals surface area (Å²) in [6.45, 7) is 8.15. The van der Waals surface area contributed by atoms with E-state index in [0.29, 0.717) is 19.0 Å². The topological polar surface area (TPSA) is 32.3 Å². The molecule has 1 saturated carbocycles. The molecule has 0 bridgehead atoms. The monoisotopic (exact) mass is 196 g/mol. The SMILES string of the molecule is C=CCN(C(=O)CCNCC)C1CC1. The van der Waals surface area contributed by atoms with Gasteiger partial charge in [0.1, 0.15) is 0 Å². The summed E-state index contributed by atoms with van der Waals surface area (Å²) < 4.78 is 0. The molecule has 0 radical (unpaired) electrons. The van der Waals surface area contributed by atoms with Gasteiger partial charge < -0.3 is 10.2 Å². The van der Waals surface area contributed by atoms with E-state index in [4.69, 9.17) is 0 Å². The van der Waals surface area contributed by atoms with Crippen molar-refractivity contribution in [3.63, 3.8) is 0 Å². The van der Waals surface area contributed by atoms with Crippen LogP contribution in [-0.4, -0.2) is 36.5 Å². The van der Waals surface area contributed by atoms with Crippen molar-refractivity contribution < 1.29 is 4.79 Å². The highest BCUT2D eigenvalue weighted by Crippen LogP contribution is 2.27. The molecule has 1 N–H and O–H groups in total. The maximum absolute atomic E-state index is 11.7. The lowest BCUT2D eigenvalue weighted by molar-refractivity contribution is -0.131. The summed E-state index contributed by atoms with van der Waals surface area (Å²) in [7, 11) is 0. The van der Waals surface area contributed by atoms with Crippen LogP contribution in [0.25, 0.3) is 0 Å². The second-order valence-electron chi connectivity index (χ2n) is 3.67. The molecular weight excluding hydrogens is 176 g/mol. The molecule has 80 valence electrons. The van der Waals surface area contributed by atoms with Crippen LogP contribution in [0.15, 0.2) is 12.7 Å². The van der Waals surface area contributed by atoms with Crippen LogP contribution in [0.4, 0.5) is 0 Å². The fourth-order valence-corrected chi connectivity index (χ4v) is 1.50. The Bertz CT molecular complexity index is 199. The van der Waals surface area contributed by atoms with Crippen molar-refractivity contribution in [1.82, 2.24) is 10.2 Å². The molecule has 0 aliphatic heterocycles. The van der Waals surface area contributed by atoms with E-state index in [0.717, 1.165) is 13.1 Å². The summed E-state index contributed by atoms with van der Waals surface area (Å²) in [5.74, 6) is 0.258. The van der Waals surface area contributed by atoms with E-state index < -0.39 is 0 Å². The normalized spacial score (nSPS) is 15.2. The smallest absolute Gasteiger partial charge is 0.224 e. The molecule has 0 atom stereocenters. The number of hydrogen-bond acceptors (Lipinski definition) is 2. The van der Waals surface area contributed by atoms with Gasteiger partial charge in [-0.1, -0.05) is 13.0 Å². The van der Waals surface area contributed by atoms with Crippen molar-refractivity contribution in [2.24, 2.45) is 0 Å². The van der Waals surface area contributed by atoms with Gasteiger partial charge in [-0.3, -0.25) is 4.79 Å². The molecule has 3 heteroatoms. The number of rotatable bonds is 7. The van der Waals surface area contributed by atoms with Gasteiger partial charge in [0, 0.05) is 25.6 Å². The van der Waals surface area contributed by atoms with E-state index in [1.54, 1.807) is 0 Å². The average Bonchev–Trinajstić information content (AvgIpc) is 2.98. The second kappa shape index (κ2) is 5.81. The summed E-state index contributed by atoms with van der Waals surface area (Å²) in [5.41, 5.74) is 0. The standard InChI is InChI=1S/C11H20N2O/c1-3-9-13(10-5-6-10)11(14)7-8-12-4-2/h3,10,12H,1,4-9H2,2H3. The van der Waals surface area contributed by atoms with Crippen molar-refractivity contribution >= 4 is 5.91 Å². The minimum Gasteiger partial charge on any atom is -0.336 e. The van der Waals surface area contributed by atoms with E-state index in [1.807, 2.05) is 17.9 Å². The van der Waals surface area contributed by atoms with E-state index in [2.05, 4.69) is 11.9 Å². The predicted molar refractivity (Wildman–Crippen MR) is 58.1 cm³/mol.